The third-order valence-corrected chi connectivity index (χ3v) is 2.88. The number of rotatable bonds is 2. The van der Waals surface area contributed by atoms with Crippen LogP contribution >= 0.6 is 0 Å². The minimum atomic E-state index is 0.595. The Balaban J connectivity index is 1.94. The Hall–Kier alpha value is -0.870. The fourth-order valence-electron chi connectivity index (χ4n) is 1.94. The van der Waals surface area contributed by atoms with Gasteiger partial charge in [-0.15, -0.1) is 0 Å². The summed E-state index contributed by atoms with van der Waals surface area (Å²) in [5.74, 6) is 0. The first-order chi connectivity index (χ1) is 6.86. The molecule has 2 heterocycles. The molecule has 1 aliphatic rings. The number of hydrogen-bond acceptors (Lipinski definition) is 3. The predicted molar refractivity (Wildman–Crippen MR) is 56.2 cm³/mol. The molecule has 0 radical (unpaired) electrons. The SMILES string of the molecule is CN1CCCNC[C@@H]1Cc1cnc[nH]1. The predicted octanol–water partition coefficient (Wildman–Crippen LogP) is 0.246. The largest absolute Gasteiger partial charge is 0.348 e. The lowest BCUT2D eigenvalue weighted by molar-refractivity contribution is 0.255. The van der Waals surface area contributed by atoms with Crippen LogP contribution in [-0.2, 0) is 6.42 Å². The first-order valence-electron chi connectivity index (χ1n) is 5.24. The Labute approximate surface area is 84.7 Å². The number of nitrogens with zero attached hydrogens (tertiary/aromatic N) is 2. The Morgan fingerprint density at radius 3 is 3.36 bits per heavy atom. The second-order valence-electron chi connectivity index (χ2n) is 3.97. The first kappa shape index (κ1) is 9.68. The van der Waals surface area contributed by atoms with E-state index in [1.54, 1.807) is 6.33 Å². The van der Waals surface area contributed by atoms with Gasteiger partial charge >= 0.3 is 0 Å². The summed E-state index contributed by atoms with van der Waals surface area (Å²) in [6, 6.07) is 0.595. The zero-order valence-electron chi connectivity index (χ0n) is 8.66. The highest BCUT2D eigenvalue weighted by Gasteiger charge is 2.17. The van der Waals surface area contributed by atoms with Crippen LogP contribution in [0.1, 0.15) is 12.1 Å². The maximum atomic E-state index is 4.04. The maximum absolute atomic E-state index is 4.04. The molecule has 0 aliphatic carbocycles. The van der Waals surface area contributed by atoms with Crippen LogP contribution in [0.4, 0.5) is 0 Å². The average Bonchev–Trinajstić information content (AvgIpc) is 2.60. The molecule has 0 amide bonds. The van der Waals surface area contributed by atoms with Crippen LogP contribution in [0.15, 0.2) is 12.5 Å². The lowest BCUT2D eigenvalue weighted by Gasteiger charge is -2.24. The van der Waals surface area contributed by atoms with Crippen molar-refractivity contribution in [2.45, 2.75) is 18.9 Å². The summed E-state index contributed by atoms with van der Waals surface area (Å²) < 4.78 is 0. The fourth-order valence-corrected chi connectivity index (χ4v) is 1.94. The van der Waals surface area contributed by atoms with E-state index in [-0.39, 0.29) is 0 Å². The van der Waals surface area contributed by atoms with Crippen molar-refractivity contribution in [3.63, 3.8) is 0 Å². The molecule has 1 aromatic rings. The molecule has 2 N–H and O–H groups in total. The standard InChI is InChI=1S/C10H18N4/c1-14-4-2-3-11-7-10(14)5-9-6-12-8-13-9/h6,8,10-11H,2-5,7H2,1H3,(H,12,13)/t10-/m0/s1. The summed E-state index contributed by atoms with van der Waals surface area (Å²) in [5.41, 5.74) is 1.23. The van der Waals surface area contributed by atoms with E-state index in [0.29, 0.717) is 6.04 Å². The Bertz CT molecular complexity index is 257. The van der Waals surface area contributed by atoms with Gasteiger partial charge in [-0.1, -0.05) is 0 Å². The topological polar surface area (TPSA) is 44.0 Å². The number of nitrogens with one attached hydrogen (secondary N) is 2. The first-order valence-corrected chi connectivity index (χ1v) is 5.24. The van der Waals surface area contributed by atoms with Crippen molar-refractivity contribution in [3.8, 4) is 0 Å². The molecule has 1 saturated heterocycles. The highest BCUT2D eigenvalue weighted by Crippen LogP contribution is 2.06. The van der Waals surface area contributed by atoms with E-state index in [2.05, 4.69) is 27.2 Å². The number of H-pyrrole nitrogens is 1. The number of aromatic nitrogens is 2. The van der Waals surface area contributed by atoms with Gasteiger partial charge in [-0.2, -0.15) is 0 Å². The molecular weight excluding hydrogens is 176 g/mol. The van der Waals surface area contributed by atoms with Gasteiger partial charge in [0.1, 0.15) is 0 Å². The summed E-state index contributed by atoms with van der Waals surface area (Å²) in [4.78, 5) is 9.63. The van der Waals surface area contributed by atoms with Crippen molar-refractivity contribution < 1.29 is 0 Å². The molecular formula is C10H18N4. The molecule has 1 aromatic heterocycles. The smallest absolute Gasteiger partial charge is 0.0921 e. The van der Waals surface area contributed by atoms with Gasteiger partial charge in [-0.05, 0) is 26.6 Å². The van der Waals surface area contributed by atoms with E-state index >= 15 is 0 Å². The minimum Gasteiger partial charge on any atom is -0.348 e. The van der Waals surface area contributed by atoms with Crippen molar-refractivity contribution in [1.82, 2.24) is 20.2 Å². The monoisotopic (exact) mass is 194 g/mol. The van der Waals surface area contributed by atoms with Crippen molar-refractivity contribution in [1.29, 1.82) is 0 Å². The molecule has 0 unspecified atom stereocenters. The van der Waals surface area contributed by atoms with Crippen LogP contribution in [0.2, 0.25) is 0 Å². The third kappa shape index (κ3) is 2.33. The number of likely N-dealkylation sites (N-methyl/N-ethyl adjacent to an activating group) is 1. The molecule has 4 heteroatoms. The zero-order valence-corrected chi connectivity index (χ0v) is 8.66. The molecule has 4 nitrogen and oxygen atoms in total. The lowest BCUT2D eigenvalue weighted by Crippen LogP contribution is -2.38. The molecule has 14 heavy (non-hydrogen) atoms. The summed E-state index contributed by atoms with van der Waals surface area (Å²) in [6.45, 7) is 3.41. The number of imidazole rings is 1. The highest BCUT2D eigenvalue weighted by atomic mass is 15.2. The number of hydrogen-bond donors (Lipinski definition) is 2. The van der Waals surface area contributed by atoms with Gasteiger partial charge in [0.25, 0.3) is 0 Å². The van der Waals surface area contributed by atoms with Crippen LogP contribution in [0.25, 0.3) is 0 Å². The van der Waals surface area contributed by atoms with Crippen molar-refractivity contribution in [2.75, 3.05) is 26.7 Å². The van der Waals surface area contributed by atoms with Gasteiger partial charge in [0.05, 0.1) is 6.33 Å². The maximum Gasteiger partial charge on any atom is 0.0921 e. The molecule has 2 rings (SSSR count). The number of aromatic amines is 1. The van der Waals surface area contributed by atoms with E-state index in [0.717, 1.165) is 19.5 Å². The van der Waals surface area contributed by atoms with E-state index in [1.165, 1.54) is 18.7 Å². The van der Waals surface area contributed by atoms with Crippen LogP contribution in [0.5, 0.6) is 0 Å². The summed E-state index contributed by atoms with van der Waals surface area (Å²) in [7, 11) is 2.20. The summed E-state index contributed by atoms with van der Waals surface area (Å²) in [5, 5.41) is 3.46. The molecule has 0 bridgehead atoms. The van der Waals surface area contributed by atoms with Crippen LogP contribution in [0, 0.1) is 0 Å². The van der Waals surface area contributed by atoms with E-state index in [9.17, 15) is 0 Å². The van der Waals surface area contributed by atoms with Crippen molar-refractivity contribution in [2.24, 2.45) is 0 Å². The third-order valence-electron chi connectivity index (χ3n) is 2.88. The van der Waals surface area contributed by atoms with Gasteiger partial charge in [-0.3, -0.25) is 0 Å². The van der Waals surface area contributed by atoms with Gasteiger partial charge in [0, 0.05) is 30.9 Å². The lowest BCUT2D eigenvalue weighted by atomic mass is 10.1. The van der Waals surface area contributed by atoms with Gasteiger partial charge < -0.3 is 15.2 Å². The van der Waals surface area contributed by atoms with Gasteiger partial charge in [-0.25, -0.2) is 4.98 Å². The Morgan fingerprint density at radius 2 is 2.57 bits per heavy atom. The second-order valence-corrected chi connectivity index (χ2v) is 3.97. The molecule has 0 spiro atoms. The van der Waals surface area contributed by atoms with E-state index in [4.69, 9.17) is 0 Å². The zero-order chi connectivity index (χ0) is 9.80. The van der Waals surface area contributed by atoms with Crippen LogP contribution in [0.3, 0.4) is 0 Å². The summed E-state index contributed by atoms with van der Waals surface area (Å²) >= 11 is 0. The molecule has 0 aromatic carbocycles. The van der Waals surface area contributed by atoms with E-state index in [1.807, 2.05) is 6.20 Å². The van der Waals surface area contributed by atoms with Crippen molar-refractivity contribution >= 4 is 0 Å². The normalized spacial score (nSPS) is 24.8. The van der Waals surface area contributed by atoms with Crippen LogP contribution in [-0.4, -0.2) is 47.6 Å². The molecule has 1 atom stereocenters. The minimum absolute atomic E-state index is 0.595. The highest BCUT2D eigenvalue weighted by molar-refractivity contribution is 4.98. The quantitative estimate of drug-likeness (QED) is 0.709. The van der Waals surface area contributed by atoms with E-state index < -0.39 is 0 Å². The average molecular weight is 194 g/mol. The summed E-state index contributed by atoms with van der Waals surface area (Å²) in [6.07, 6.45) is 5.97. The molecule has 1 aliphatic heterocycles. The Morgan fingerprint density at radius 1 is 1.64 bits per heavy atom. The van der Waals surface area contributed by atoms with Gasteiger partial charge in [0.2, 0.25) is 0 Å². The second kappa shape index (κ2) is 4.57. The van der Waals surface area contributed by atoms with Crippen LogP contribution < -0.4 is 5.32 Å². The fraction of sp³-hybridized carbons (Fsp3) is 0.700. The Kier molecular flexibility index (Phi) is 3.16. The molecule has 1 fully saturated rings. The van der Waals surface area contributed by atoms with Crippen molar-refractivity contribution in [3.05, 3.63) is 18.2 Å². The molecule has 78 valence electrons. The molecule has 0 saturated carbocycles. The van der Waals surface area contributed by atoms with Gasteiger partial charge in [0.15, 0.2) is 0 Å².